The highest BCUT2D eigenvalue weighted by Gasteiger charge is 2.73. The van der Waals surface area contributed by atoms with E-state index >= 15 is 0 Å². The minimum absolute atomic E-state index is 0.0582. The Labute approximate surface area is 163 Å². The second-order valence-electron chi connectivity index (χ2n) is 9.79. The summed E-state index contributed by atoms with van der Waals surface area (Å²) in [6.45, 7) is 6.91. The van der Waals surface area contributed by atoms with Crippen LogP contribution in [0.5, 0.6) is 0 Å². The summed E-state index contributed by atoms with van der Waals surface area (Å²) in [4.78, 5) is 51.6. The molecule has 0 aromatic heterocycles. The van der Waals surface area contributed by atoms with Crippen LogP contribution in [0.15, 0.2) is 23.5 Å². The molecule has 0 bridgehead atoms. The monoisotopic (exact) mass is 386 g/mol. The summed E-state index contributed by atoms with van der Waals surface area (Å²) in [5.41, 5.74) is -2.67. The highest BCUT2D eigenvalue weighted by molar-refractivity contribution is 6.05. The second kappa shape index (κ2) is 5.50. The molecule has 2 N–H and O–H groups in total. The van der Waals surface area contributed by atoms with Gasteiger partial charge in [0.1, 0.15) is 11.9 Å². The van der Waals surface area contributed by atoms with Crippen molar-refractivity contribution in [3.05, 3.63) is 23.5 Å². The lowest BCUT2D eigenvalue weighted by molar-refractivity contribution is -0.205. The predicted molar refractivity (Wildman–Crippen MR) is 99.1 cm³/mol. The minimum atomic E-state index is -1.45. The normalized spacial score (nSPS) is 48.3. The fourth-order valence-corrected chi connectivity index (χ4v) is 6.69. The molecule has 150 valence electrons. The van der Waals surface area contributed by atoms with E-state index in [1.54, 1.807) is 26.8 Å². The van der Waals surface area contributed by atoms with E-state index in [0.717, 1.165) is 5.57 Å². The predicted octanol–water partition coefficient (Wildman–Crippen LogP) is 2.10. The second-order valence-corrected chi connectivity index (χ2v) is 9.79. The molecule has 0 saturated heterocycles. The third-order valence-corrected chi connectivity index (χ3v) is 8.35. The van der Waals surface area contributed by atoms with Gasteiger partial charge in [-0.05, 0) is 31.4 Å². The van der Waals surface area contributed by atoms with Gasteiger partial charge in [-0.2, -0.15) is 0 Å². The lowest BCUT2D eigenvalue weighted by atomic mass is 9.36. The zero-order valence-electron chi connectivity index (χ0n) is 16.6. The standard InChI is InChI=1S/C22H26O6/c1-10-5-12-11(13(23)6-10)7-14(24)17-20(2)8-15(25)16(26)9-21(20,3)18(27)19(28)22(12,17)4/h6,8,11-12,17,19,25,28H,5,7,9H2,1-4H3/t11-,12+,17+,19-,20-,21+,22-/m0/s1. The topological polar surface area (TPSA) is 109 Å². The Hall–Kier alpha value is -2.08. The largest absolute Gasteiger partial charge is 0.505 e. The van der Waals surface area contributed by atoms with E-state index in [9.17, 15) is 29.4 Å². The molecule has 0 aromatic carbocycles. The summed E-state index contributed by atoms with van der Waals surface area (Å²) < 4.78 is 0. The van der Waals surface area contributed by atoms with Gasteiger partial charge >= 0.3 is 0 Å². The molecule has 7 atom stereocenters. The first-order valence-electron chi connectivity index (χ1n) is 9.79. The Balaban J connectivity index is 1.97. The molecule has 4 aliphatic carbocycles. The van der Waals surface area contributed by atoms with Crippen molar-refractivity contribution in [3.63, 3.8) is 0 Å². The van der Waals surface area contributed by atoms with Crippen LogP contribution in [-0.2, 0) is 19.2 Å². The quantitative estimate of drug-likeness (QED) is 0.660. The third kappa shape index (κ3) is 2.02. The molecule has 0 aliphatic heterocycles. The molecule has 0 heterocycles. The van der Waals surface area contributed by atoms with Gasteiger partial charge in [0.15, 0.2) is 23.1 Å². The van der Waals surface area contributed by atoms with Crippen LogP contribution in [0.3, 0.4) is 0 Å². The maximum Gasteiger partial charge on any atom is 0.197 e. The van der Waals surface area contributed by atoms with Gasteiger partial charge in [0.05, 0.1) is 0 Å². The van der Waals surface area contributed by atoms with Gasteiger partial charge in [-0.3, -0.25) is 19.2 Å². The van der Waals surface area contributed by atoms with E-state index in [1.165, 1.54) is 6.08 Å². The number of Topliss-reactive ketones (excluding diaryl/α,β-unsaturated/α-hetero) is 3. The van der Waals surface area contributed by atoms with Crippen molar-refractivity contribution in [2.24, 2.45) is 34.0 Å². The van der Waals surface area contributed by atoms with Crippen LogP contribution in [-0.4, -0.2) is 39.5 Å². The molecule has 0 radical (unpaired) electrons. The number of carbonyl (C=O) groups is 4. The van der Waals surface area contributed by atoms with Gasteiger partial charge < -0.3 is 10.2 Å². The maximum atomic E-state index is 13.4. The number of ketones is 4. The number of hydrogen-bond donors (Lipinski definition) is 2. The molecule has 0 spiro atoms. The Kier molecular flexibility index (Phi) is 3.78. The van der Waals surface area contributed by atoms with Gasteiger partial charge in [-0.25, -0.2) is 0 Å². The van der Waals surface area contributed by atoms with Crippen LogP contribution < -0.4 is 0 Å². The average Bonchev–Trinajstić information content (AvgIpc) is 2.59. The number of rotatable bonds is 0. The molecule has 6 nitrogen and oxygen atoms in total. The van der Waals surface area contributed by atoms with Gasteiger partial charge in [-0.15, -0.1) is 0 Å². The van der Waals surface area contributed by atoms with Crippen molar-refractivity contribution in [1.29, 1.82) is 0 Å². The van der Waals surface area contributed by atoms with E-state index in [4.69, 9.17) is 0 Å². The molecular formula is C22H26O6. The van der Waals surface area contributed by atoms with E-state index in [2.05, 4.69) is 0 Å². The summed E-state index contributed by atoms with van der Waals surface area (Å²) in [6.07, 6.45) is 1.81. The van der Waals surface area contributed by atoms with Crippen LogP contribution in [0, 0.1) is 34.0 Å². The highest BCUT2D eigenvalue weighted by Crippen LogP contribution is 2.68. The van der Waals surface area contributed by atoms with E-state index in [1.807, 2.05) is 6.92 Å². The Morgan fingerprint density at radius 3 is 2.36 bits per heavy atom. The number of fused-ring (bicyclic) bond motifs is 5. The van der Waals surface area contributed by atoms with Crippen LogP contribution in [0.4, 0.5) is 0 Å². The molecule has 2 saturated carbocycles. The average molecular weight is 386 g/mol. The smallest absolute Gasteiger partial charge is 0.197 e. The number of hydrogen-bond acceptors (Lipinski definition) is 6. The van der Waals surface area contributed by atoms with Crippen LogP contribution in [0.1, 0.15) is 47.0 Å². The van der Waals surface area contributed by atoms with Crippen LogP contribution in [0.25, 0.3) is 0 Å². The van der Waals surface area contributed by atoms with E-state index < -0.39 is 51.5 Å². The van der Waals surface area contributed by atoms with E-state index in [0.29, 0.717) is 6.42 Å². The van der Waals surface area contributed by atoms with Crippen molar-refractivity contribution in [2.75, 3.05) is 0 Å². The lowest BCUT2D eigenvalue weighted by Gasteiger charge is -2.65. The van der Waals surface area contributed by atoms with Crippen molar-refractivity contribution >= 4 is 23.1 Å². The van der Waals surface area contributed by atoms with Crippen LogP contribution in [0.2, 0.25) is 0 Å². The van der Waals surface area contributed by atoms with E-state index in [-0.39, 0.29) is 30.3 Å². The fraction of sp³-hybridized carbons (Fsp3) is 0.636. The summed E-state index contributed by atoms with van der Waals surface area (Å²) >= 11 is 0. The third-order valence-electron chi connectivity index (χ3n) is 8.35. The SMILES string of the molecule is CC1=CC(=O)[C@H]2CC(=O)[C@H]3[C@](C)([C@@H]2C1)[C@@H](O)C(=O)[C@@]1(C)CC(=O)C(O)=C[C@@]31C. The molecular weight excluding hydrogens is 360 g/mol. The zero-order valence-corrected chi connectivity index (χ0v) is 16.6. The first kappa shape index (κ1) is 19.2. The number of aliphatic hydroxyl groups is 2. The van der Waals surface area contributed by atoms with Crippen LogP contribution >= 0.6 is 0 Å². The van der Waals surface area contributed by atoms with Gasteiger partial charge in [0, 0.05) is 40.9 Å². The highest BCUT2D eigenvalue weighted by atomic mass is 16.3. The Morgan fingerprint density at radius 1 is 1.07 bits per heavy atom. The summed E-state index contributed by atoms with van der Waals surface area (Å²) in [5, 5.41) is 21.4. The summed E-state index contributed by atoms with van der Waals surface area (Å²) in [5.74, 6) is -3.46. The molecule has 0 amide bonds. The molecule has 2 fully saturated rings. The van der Waals surface area contributed by atoms with Crippen molar-refractivity contribution in [1.82, 2.24) is 0 Å². The molecule has 6 heteroatoms. The Morgan fingerprint density at radius 2 is 1.71 bits per heavy atom. The van der Waals surface area contributed by atoms with Crippen molar-refractivity contribution in [2.45, 2.75) is 53.1 Å². The number of aliphatic hydroxyl groups excluding tert-OH is 2. The van der Waals surface area contributed by atoms with Crippen molar-refractivity contribution in [3.8, 4) is 0 Å². The Bertz CT molecular complexity index is 897. The van der Waals surface area contributed by atoms with Gasteiger partial charge in [0.2, 0.25) is 0 Å². The number of allylic oxidation sites excluding steroid dienone is 4. The molecule has 4 rings (SSSR count). The minimum Gasteiger partial charge on any atom is -0.505 e. The summed E-state index contributed by atoms with van der Waals surface area (Å²) in [7, 11) is 0. The molecule has 28 heavy (non-hydrogen) atoms. The van der Waals surface area contributed by atoms with Crippen molar-refractivity contribution < 1.29 is 29.4 Å². The first-order valence-corrected chi connectivity index (χ1v) is 9.79. The maximum absolute atomic E-state index is 13.4. The van der Waals surface area contributed by atoms with Gasteiger partial charge in [0.25, 0.3) is 0 Å². The lowest BCUT2D eigenvalue weighted by Crippen LogP contribution is -2.72. The number of carbonyl (C=O) groups excluding carboxylic acids is 4. The zero-order chi connectivity index (χ0) is 20.8. The fourth-order valence-electron chi connectivity index (χ4n) is 6.69. The summed E-state index contributed by atoms with van der Waals surface area (Å²) in [6, 6.07) is 0. The first-order chi connectivity index (χ1) is 12.9. The molecule has 0 unspecified atom stereocenters. The molecule has 0 aromatic rings. The van der Waals surface area contributed by atoms with Gasteiger partial charge in [-0.1, -0.05) is 26.3 Å². The molecule has 4 aliphatic rings.